The zero-order valence-corrected chi connectivity index (χ0v) is 20.4. The molecule has 0 atom stereocenters. The van der Waals surface area contributed by atoms with Gasteiger partial charge in [-0.05, 0) is 44.4 Å². The van der Waals surface area contributed by atoms with E-state index < -0.39 is 0 Å². The average molecular weight is 447 g/mol. The third-order valence-electron chi connectivity index (χ3n) is 6.95. The highest BCUT2D eigenvalue weighted by Gasteiger charge is 2.33. The van der Waals surface area contributed by atoms with Gasteiger partial charge >= 0.3 is 0 Å². The first-order valence-corrected chi connectivity index (χ1v) is 12.1. The number of ether oxygens (including phenoxy) is 3. The van der Waals surface area contributed by atoms with Crippen molar-refractivity contribution < 1.29 is 14.2 Å². The number of anilines is 1. The maximum Gasteiger partial charge on any atom is 0.191 e. The van der Waals surface area contributed by atoms with Crippen LogP contribution >= 0.6 is 0 Å². The summed E-state index contributed by atoms with van der Waals surface area (Å²) in [6.07, 6.45) is 8.41. The highest BCUT2D eigenvalue weighted by Crippen LogP contribution is 2.41. The van der Waals surface area contributed by atoms with Crippen LogP contribution in [0.4, 0.5) is 5.69 Å². The minimum Gasteiger partial charge on any atom is -0.497 e. The van der Waals surface area contributed by atoms with Crippen molar-refractivity contribution in [3.05, 3.63) is 18.2 Å². The van der Waals surface area contributed by atoms with Crippen molar-refractivity contribution >= 4 is 11.6 Å². The fraction of sp³-hybridized carbons (Fsp3) is 0.720. The molecule has 7 nitrogen and oxygen atoms in total. The van der Waals surface area contributed by atoms with Crippen LogP contribution in [-0.4, -0.2) is 66.1 Å². The molecule has 1 aromatic carbocycles. The number of nitrogens with zero attached hydrogens (tertiary/aromatic N) is 2. The Morgan fingerprint density at radius 1 is 1.06 bits per heavy atom. The lowest BCUT2D eigenvalue weighted by Gasteiger charge is -2.35. The molecule has 3 rings (SSSR count). The predicted molar refractivity (Wildman–Crippen MR) is 131 cm³/mol. The Kier molecular flexibility index (Phi) is 9.33. The van der Waals surface area contributed by atoms with Gasteiger partial charge in [-0.15, -0.1) is 0 Å². The Bertz CT molecular complexity index is 704. The van der Waals surface area contributed by atoms with Gasteiger partial charge in [-0.25, -0.2) is 0 Å². The molecule has 2 fully saturated rings. The van der Waals surface area contributed by atoms with Crippen molar-refractivity contribution in [1.29, 1.82) is 0 Å². The largest absolute Gasteiger partial charge is 0.497 e. The Morgan fingerprint density at radius 2 is 1.72 bits per heavy atom. The number of rotatable bonds is 10. The van der Waals surface area contributed by atoms with Crippen LogP contribution in [0, 0.1) is 5.41 Å². The Morgan fingerprint density at radius 3 is 2.28 bits per heavy atom. The summed E-state index contributed by atoms with van der Waals surface area (Å²) >= 11 is 0. The van der Waals surface area contributed by atoms with Gasteiger partial charge < -0.3 is 29.7 Å². The predicted octanol–water partition coefficient (Wildman–Crippen LogP) is 3.82. The van der Waals surface area contributed by atoms with Gasteiger partial charge in [0.05, 0.1) is 14.2 Å². The van der Waals surface area contributed by atoms with Crippen LogP contribution in [0.15, 0.2) is 23.2 Å². The van der Waals surface area contributed by atoms with Crippen LogP contribution in [-0.2, 0) is 4.74 Å². The van der Waals surface area contributed by atoms with E-state index in [9.17, 15) is 0 Å². The number of aliphatic imine (C=N–C) groups is 1. The van der Waals surface area contributed by atoms with Crippen molar-refractivity contribution in [2.45, 2.75) is 57.9 Å². The van der Waals surface area contributed by atoms with E-state index in [4.69, 9.17) is 19.2 Å². The first-order chi connectivity index (χ1) is 15.6. The molecule has 1 saturated carbocycles. The number of benzene rings is 1. The van der Waals surface area contributed by atoms with Crippen LogP contribution in [0.1, 0.15) is 51.9 Å². The quantitative estimate of drug-likeness (QED) is 0.421. The second-order valence-electron chi connectivity index (χ2n) is 9.12. The van der Waals surface area contributed by atoms with Crippen LogP contribution in [0.2, 0.25) is 0 Å². The van der Waals surface area contributed by atoms with E-state index in [1.807, 2.05) is 6.07 Å². The van der Waals surface area contributed by atoms with E-state index in [0.717, 1.165) is 75.2 Å². The van der Waals surface area contributed by atoms with Crippen LogP contribution in [0.5, 0.6) is 11.5 Å². The molecule has 7 heteroatoms. The SMILES string of the molecule is CCNC(=NCC1(CCOC)CCCC1)NC1CCN(c2cc(OC)cc(OC)c2)CC1. The summed E-state index contributed by atoms with van der Waals surface area (Å²) < 4.78 is 16.3. The molecule has 1 aliphatic carbocycles. The molecule has 0 spiro atoms. The first kappa shape index (κ1) is 24.5. The lowest BCUT2D eigenvalue weighted by molar-refractivity contribution is 0.141. The maximum absolute atomic E-state index is 5.44. The molecule has 0 unspecified atom stereocenters. The summed E-state index contributed by atoms with van der Waals surface area (Å²) in [7, 11) is 5.19. The van der Waals surface area contributed by atoms with Gasteiger partial charge in [0.25, 0.3) is 0 Å². The standard InChI is InChI=1S/C25H42N4O3/c1-5-26-24(27-19-25(12-15-30-2)10-6-7-11-25)28-20-8-13-29(14-9-20)21-16-22(31-3)18-23(17-21)32-4/h16-18,20H,5-15,19H2,1-4H3,(H2,26,27,28). The normalized spacial score (nSPS) is 19.1. The van der Waals surface area contributed by atoms with E-state index in [1.54, 1.807) is 21.3 Å². The molecule has 2 aliphatic rings. The monoisotopic (exact) mass is 446 g/mol. The van der Waals surface area contributed by atoms with E-state index >= 15 is 0 Å². The van der Waals surface area contributed by atoms with E-state index in [0.29, 0.717) is 11.5 Å². The number of methoxy groups -OCH3 is 3. The van der Waals surface area contributed by atoms with E-state index in [1.165, 1.54) is 25.7 Å². The molecule has 0 radical (unpaired) electrons. The minimum absolute atomic E-state index is 0.313. The minimum atomic E-state index is 0.313. The highest BCUT2D eigenvalue weighted by atomic mass is 16.5. The molecule has 1 aromatic rings. The van der Waals surface area contributed by atoms with Crippen LogP contribution < -0.4 is 25.0 Å². The van der Waals surface area contributed by atoms with Gasteiger partial charge in [0, 0.05) is 69.8 Å². The van der Waals surface area contributed by atoms with Crippen molar-refractivity contribution in [3.8, 4) is 11.5 Å². The summed E-state index contributed by atoms with van der Waals surface area (Å²) in [6, 6.07) is 6.52. The fourth-order valence-corrected chi connectivity index (χ4v) is 4.95. The Balaban J connectivity index is 1.57. The Hall–Kier alpha value is -2.15. The van der Waals surface area contributed by atoms with Crippen molar-refractivity contribution in [3.63, 3.8) is 0 Å². The molecule has 32 heavy (non-hydrogen) atoms. The zero-order valence-electron chi connectivity index (χ0n) is 20.4. The second-order valence-corrected chi connectivity index (χ2v) is 9.12. The highest BCUT2D eigenvalue weighted by molar-refractivity contribution is 5.80. The molecule has 1 heterocycles. The molecule has 0 bridgehead atoms. The average Bonchev–Trinajstić information content (AvgIpc) is 3.30. The molecular weight excluding hydrogens is 404 g/mol. The molecule has 180 valence electrons. The van der Waals surface area contributed by atoms with Gasteiger partial charge in [-0.2, -0.15) is 0 Å². The molecule has 2 N–H and O–H groups in total. The topological polar surface area (TPSA) is 67.4 Å². The number of hydrogen-bond acceptors (Lipinski definition) is 5. The summed E-state index contributed by atoms with van der Waals surface area (Å²) in [6.45, 7) is 6.70. The van der Waals surface area contributed by atoms with Gasteiger partial charge in [0.1, 0.15) is 11.5 Å². The van der Waals surface area contributed by atoms with Crippen molar-refractivity contribution in [2.75, 3.05) is 59.0 Å². The molecule has 0 aromatic heterocycles. The third-order valence-corrected chi connectivity index (χ3v) is 6.95. The lowest BCUT2D eigenvalue weighted by atomic mass is 9.83. The van der Waals surface area contributed by atoms with Gasteiger partial charge in [0.15, 0.2) is 5.96 Å². The molecule has 1 aliphatic heterocycles. The second kappa shape index (κ2) is 12.2. The van der Waals surface area contributed by atoms with Crippen LogP contribution in [0.25, 0.3) is 0 Å². The number of piperidine rings is 1. The fourth-order valence-electron chi connectivity index (χ4n) is 4.95. The maximum atomic E-state index is 5.44. The molecular formula is C25H42N4O3. The number of hydrogen-bond donors (Lipinski definition) is 2. The third kappa shape index (κ3) is 6.67. The van der Waals surface area contributed by atoms with Crippen LogP contribution in [0.3, 0.4) is 0 Å². The van der Waals surface area contributed by atoms with Crippen molar-refractivity contribution in [2.24, 2.45) is 10.4 Å². The van der Waals surface area contributed by atoms with Gasteiger partial charge in [-0.1, -0.05) is 12.8 Å². The van der Waals surface area contributed by atoms with E-state index in [2.05, 4.69) is 34.6 Å². The number of guanidine groups is 1. The smallest absolute Gasteiger partial charge is 0.191 e. The Labute approximate surface area is 193 Å². The van der Waals surface area contributed by atoms with Gasteiger partial charge in [-0.3, -0.25) is 4.99 Å². The molecule has 1 saturated heterocycles. The summed E-state index contributed by atoms with van der Waals surface area (Å²) in [5.74, 6) is 2.61. The van der Waals surface area contributed by atoms with E-state index in [-0.39, 0.29) is 0 Å². The summed E-state index contributed by atoms with van der Waals surface area (Å²) in [5.41, 5.74) is 1.47. The molecule has 0 amide bonds. The van der Waals surface area contributed by atoms with Gasteiger partial charge in [0.2, 0.25) is 0 Å². The van der Waals surface area contributed by atoms with Crippen molar-refractivity contribution in [1.82, 2.24) is 10.6 Å². The first-order valence-electron chi connectivity index (χ1n) is 12.1. The summed E-state index contributed by atoms with van der Waals surface area (Å²) in [4.78, 5) is 7.44. The lowest BCUT2D eigenvalue weighted by Crippen LogP contribution is -2.49. The summed E-state index contributed by atoms with van der Waals surface area (Å²) in [5, 5.41) is 7.16. The number of nitrogens with one attached hydrogen (secondary N) is 2. The zero-order chi connectivity index (χ0) is 22.8.